The molecular weight excluding hydrogens is 384 g/mol. The van der Waals surface area contributed by atoms with Crippen LogP contribution in [-0.2, 0) is 0 Å². The van der Waals surface area contributed by atoms with Gasteiger partial charge in [-0.2, -0.15) is 5.10 Å². The second-order valence-corrected chi connectivity index (χ2v) is 8.04. The van der Waals surface area contributed by atoms with Gasteiger partial charge in [0.25, 0.3) is 5.91 Å². The van der Waals surface area contributed by atoms with E-state index in [1.165, 1.54) is 16.8 Å². The Morgan fingerprint density at radius 3 is 2.17 bits per heavy atom. The second kappa shape index (κ2) is 7.91. The van der Waals surface area contributed by atoms with Crippen molar-refractivity contribution in [3.05, 3.63) is 76.1 Å². The molecule has 150 valence electrons. The molecule has 0 radical (unpaired) electrons. The number of halogens is 1. The fraction of sp³-hybridized carbons (Fsp3) is 0.304. The summed E-state index contributed by atoms with van der Waals surface area (Å²) in [6.07, 6.45) is 0. The molecule has 0 unspecified atom stereocenters. The lowest BCUT2D eigenvalue weighted by Crippen LogP contribution is -2.49. The van der Waals surface area contributed by atoms with E-state index in [-0.39, 0.29) is 5.91 Å². The van der Waals surface area contributed by atoms with E-state index >= 15 is 0 Å². The predicted octanol–water partition coefficient (Wildman–Crippen LogP) is 4.41. The molecule has 2 aromatic carbocycles. The Morgan fingerprint density at radius 2 is 1.52 bits per heavy atom. The number of carbonyl (C=O) groups excluding carboxylic acids is 1. The molecule has 2 heterocycles. The van der Waals surface area contributed by atoms with Crippen LogP contribution in [0.4, 0.5) is 5.69 Å². The minimum atomic E-state index is 0.0142. The molecule has 6 heteroatoms. The highest BCUT2D eigenvalue weighted by Crippen LogP contribution is 2.22. The predicted molar refractivity (Wildman–Crippen MR) is 117 cm³/mol. The number of rotatable bonds is 3. The average molecular weight is 409 g/mol. The van der Waals surface area contributed by atoms with Gasteiger partial charge in [-0.3, -0.25) is 4.79 Å². The number of anilines is 1. The summed E-state index contributed by atoms with van der Waals surface area (Å²) in [4.78, 5) is 17.5. The van der Waals surface area contributed by atoms with Gasteiger partial charge in [-0.25, -0.2) is 4.68 Å². The van der Waals surface area contributed by atoms with Crippen LogP contribution in [0.15, 0.2) is 48.5 Å². The molecule has 1 aromatic heterocycles. The summed E-state index contributed by atoms with van der Waals surface area (Å²) in [6, 6.07) is 15.8. The molecule has 1 aliphatic heterocycles. The summed E-state index contributed by atoms with van der Waals surface area (Å²) in [6.45, 7) is 9.19. The van der Waals surface area contributed by atoms with Crippen molar-refractivity contribution in [2.24, 2.45) is 0 Å². The second-order valence-electron chi connectivity index (χ2n) is 7.61. The Hall–Kier alpha value is -2.79. The minimum Gasteiger partial charge on any atom is -0.368 e. The molecule has 1 aliphatic rings. The number of aryl methyl sites for hydroxylation is 3. The number of carbonyl (C=O) groups is 1. The van der Waals surface area contributed by atoms with E-state index in [1.807, 2.05) is 42.2 Å². The largest absolute Gasteiger partial charge is 0.368 e. The zero-order valence-corrected chi connectivity index (χ0v) is 17.8. The normalized spacial score (nSPS) is 14.3. The van der Waals surface area contributed by atoms with Crippen molar-refractivity contribution in [1.29, 1.82) is 0 Å². The van der Waals surface area contributed by atoms with E-state index in [2.05, 4.69) is 42.0 Å². The first-order valence-electron chi connectivity index (χ1n) is 9.86. The number of amides is 1. The van der Waals surface area contributed by atoms with Gasteiger partial charge < -0.3 is 9.80 Å². The molecule has 1 amide bonds. The van der Waals surface area contributed by atoms with Crippen molar-refractivity contribution in [2.75, 3.05) is 31.1 Å². The van der Waals surface area contributed by atoms with E-state index < -0.39 is 0 Å². The van der Waals surface area contributed by atoms with E-state index in [9.17, 15) is 4.79 Å². The van der Waals surface area contributed by atoms with Crippen molar-refractivity contribution in [3.63, 3.8) is 0 Å². The first-order chi connectivity index (χ1) is 13.9. The van der Waals surface area contributed by atoms with Crippen LogP contribution in [0.3, 0.4) is 0 Å². The quantitative estimate of drug-likeness (QED) is 0.644. The fourth-order valence-electron chi connectivity index (χ4n) is 3.68. The standard InChI is InChI=1S/C23H25ClN4O/c1-16-4-7-21(14-17(16)2)26-10-12-27(13-11-26)23(29)22-15-18(3)25-28(22)20-8-5-19(24)6-9-20/h4-9,14-15H,10-13H2,1-3H3. The summed E-state index contributed by atoms with van der Waals surface area (Å²) in [5, 5.41) is 5.18. The van der Waals surface area contributed by atoms with Crippen LogP contribution in [0.1, 0.15) is 27.3 Å². The van der Waals surface area contributed by atoms with Crippen LogP contribution < -0.4 is 4.90 Å². The van der Waals surface area contributed by atoms with E-state index in [4.69, 9.17) is 11.6 Å². The number of benzene rings is 2. The zero-order valence-electron chi connectivity index (χ0n) is 17.0. The molecule has 0 N–H and O–H groups in total. The van der Waals surface area contributed by atoms with Crippen molar-refractivity contribution in [1.82, 2.24) is 14.7 Å². The number of hydrogen-bond acceptors (Lipinski definition) is 3. The fourth-order valence-corrected chi connectivity index (χ4v) is 3.81. The molecular formula is C23H25ClN4O. The minimum absolute atomic E-state index is 0.0142. The van der Waals surface area contributed by atoms with Crippen LogP contribution in [-0.4, -0.2) is 46.8 Å². The lowest BCUT2D eigenvalue weighted by atomic mass is 10.1. The molecule has 4 rings (SSSR count). The molecule has 5 nitrogen and oxygen atoms in total. The molecule has 3 aromatic rings. The number of hydrogen-bond donors (Lipinski definition) is 0. The highest BCUT2D eigenvalue weighted by Gasteiger charge is 2.25. The first-order valence-corrected chi connectivity index (χ1v) is 10.2. The molecule has 0 aliphatic carbocycles. The average Bonchev–Trinajstić information content (AvgIpc) is 3.12. The molecule has 1 saturated heterocycles. The Bertz CT molecular complexity index is 1030. The lowest BCUT2D eigenvalue weighted by Gasteiger charge is -2.36. The molecule has 0 saturated carbocycles. The van der Waals surface area contributed by atoms with Gasteiger partial charge in [-0.1, -0.05) is 17.7 Å². The van der Waals surface area contributed by atoms with Gasteiger partial charge in [0, 0.05) is 36.9 Å². The molecule has 0 bridgehead atoms. The lowest BCUT2D eigenvalue weighted by molar-refractivity contribution is 0.0737. The highest BCUT2D eigenvalue weighted by molar-refractivity contribution is 6.30. The Balaban J connectivity index is 1.50. The maximum atomic E-state index is 13.2. The first kappa shape index (κ1) is 19.5. The van der Waals surface area contributed by atoms with Gasteiger partial charge in [-0.05, 0) is 74.4 Å². The SMILES string of the molecule is Cc1cc(C(=O)N2CCN(c3ccc(C)c(C)c3)CC2)n(-c2ccc(Cl)cc2)n1. The van der Waals surface area contributed by atoms with Crippen LogP contribution in [0, 0.1) is 20.8 Å². The van der Waals surface area contributed by atoms with E-state index in [0.29, 0.717) is 23.8 Å². The molecule has 29 heavy (non-hydrogen) atoms. The van der Waals surface area contributed by atoms with E-state index in [1.54, 1.807) is 4.68 Å². The third kappa shape index (κ3) is 4.01. The summed E-state index contributed by atoms with van der Waals surface area (Å²) in [7, 11) is 0. The maximum absolute atomic E-state index is 13.2. The van der Waals surface area contributed by atoms with Gasteiger partial charge in [0.2, 0.25) is 0 Å². The van der Waals surface area contributed by atoms with E-state index in [0.717, 1.165) is 24.5 Å². The monoisotopic (exact) mass is 408 g/mol. The van der Waals surface area contributed by atoms with Gasteiger partial charge in [0.05, 0.1) is 11.4 Å². The molecule has 0 spiro atoms. The maximum Gasteiger partial charge on any atom is 0.272 e. The number of piperazine rings is 1. The van der Waals surface area contributed by atoms with Crippen LogP contribution >= 0.6 is 11.6 Å². The molecule has 1 fully saturated rings. The van der Waals surface area contributed by atoms with Gasteiger partial charge in [0.1, 0.15) is 5.69 Å². The Morgan fingerprint density at radius 1 is 0.862 bits per heavy atom. The smallest absolute Gasteiger partial charge is 0.272 e. The number of nitrogens with zero attached hydrogens (tertiary/aromatic N) is 4. The van der Waals surface area contributed by atoms with Crippen molar-refractivity contribution in [3.8, 4) is 5.69 Å². The van der Waals surface area contributed by atoms with Gasteiger partial charge in [-0.15, -0.1) is 0 Å². The Labute approximate surface area is 176 Å². The summed E-state index contributed by atoms with van der Waals surface area (Å²) in [5.41, 5.74) is 6.06. The highest BCUT2D eigenvalue weighted by atomic mass is 35.5. The van der Waals surface area contributed by atoms with Crippen LogP contribution in [0.2, 0.25) is 5.02 Å². The van der Waals surface area contributed by atoms with Crippen LogP contribution in [0.25, 0.3) is 5.69 Å². The van der Waals surface area contributed by atoms with Crippen LogP contribution in [0.5, 0.6) is 0 Å². The van der Waals surface area contributed by atoms with Crippen molar-refractivity contribution < 1.29 is 4.79 Å². The number of aromatic nitrogens is 2. The Kier molecular flexibility index (Phi) is 5.33. The summed E-state index contributed by atoms with van der Waals surface area (Å²) >= 11 is 6.00. The topological polar surface area (TPSA) is 41.4 Å². The van der Waals surface area contributed by atoms with Crippen molar-refractivity contribution >= 4 is 23.2 Å². The third-order valence-corrected chi connectivity index (χ3v) is 5.80. The van der Waals surface area contributed by atoms with Crippen molar-refractivity contribution in [2.45, 2.75) is 20.8 Å². The summed E-state index contributed by atoms with van der Waals surface area (Å²) in [5.74, 6) is 0.0142. The zero-order chi connectivity index (χ0) is 20.5. The van der Waals surface area contributed by atoms with Gasteiger partial charge >= 0.3 is 0 Å². The third-order valence-electron chi connectivity index (χ3n) is 5.54. The van der Waals surface area contributed by atoms with Gasteiger partial charge in [0.15, 0.2) is 0 Å². The summed E-state index contributed by atoms with van der Waals surface area (Å²) < 4.78 is 1.71. The molecule has 0 atom stereocenters.